The first-order chi connectivity index (χ1) is 12.9. The summed E-state index contributed by atoms with van der Waals surface area (Å²) in [5.41, 5.74) is 0.918. The molecule has 0 aliphatic rings. The second-order valence-electron chi connectivity index (χ2n) is 5.76. The summed E-state index contributed by atoms with van der Waals surface area (Å²) in [6.45, 7) is 2.47. The highest BCUT2D eigenvalue weighted by Crippen LogP contribution is 2.27. The number of carbonyl (C=O) groups is 1. The van der Waals surface area contributed by atoms with Crippen LogP contribution in [0.3, 0.4) is 0 Å². The first-order valence-corrected chi connectivity index (χ1v) is 10.4. The fourth-order valence-electron chi connectivity index (χ4n) is 2.13. The summed E-state index contributed by atoms with van der Waals surface area (Å²) in [4.78, 5) is 15.8. The number of unbranched alkanes of at least 4 members (excludes halogenated alkanes) is 1. The lowest BCUT2D eigenvalue weighted by molar-refractivity contribution is -0.123. The summed E-state index contributed by atoms with van der Waals surface area (Å²) in [5.74, 6) is -0.0796. The van der Waals surface area contributed by atoms with Crippen LogP contribution in [0.2, 0.25) is 5.02 Å². The van der Waals surface area contributed by atoms with Crippen LogP contribution in [0.1, 0.15) is 25.3 Å². The van der Waals surface area contributed by atoms with E-state index >= 15 is 0 Å². The molecular formula is C18H22ClN3O4S. The van der Waals surface area contributed by atoms with Crippen molar-refractivity contribution in [3.8, 4) is 5.75 Å². The van der Waals surface area contributed by atoms with Crippen LogP contribution in [0.15, 0.2) is 47.6 Å². The van der Waals surface area contributed by atoms with Gasteiger partial charge in [-0.1, -0.05) is 24.9 Å². The Morgan fingerprint density at radius 1 is 1.22 bits per heavy atom. The van der Waals surface area contributed by atoms with Gasteiger partial charge >= 0.3 is 0 Å². The van der Waals surface area contributed by atoms with Crippen molar-refractivity contribution in [3.63, 3.8) is 0 Å². The maximum atomic E-state index is 12.2. The molecule has 1 heterocycles. The van der Waals surface area contributed by atoms with Crippen molar-refractivity contribution in [1.82, 2.24) is 15.0 Å². The van der Waals surface area contributed by atoms with Crippen LogP contribution in [0.4, 0.5) is 0 Å². The van der Waals surface area contributed by atoms with Gasteiger partial charge in [-0.2, -0.15) is 0 Å². The van der Waals surface area contributed by atoms with Gasteiger partial charge in [0.05, 0.1) is 9.92 Å². The summed E-state index contributed by atoms with van der Waals surface area (Å²) in [7, 11) is -3.62. The number of pyridine rings is 1. The van der Waals surface area contributed by atoms with Crippen LogP contribution in [0.25, 0.3) is 0 Å². The number of hydrogen-bond acceptors (Lipinski definition) is 5. The van der Waals surface area contributed by atoms with E-state index in [-0.39, 0.29) is 28.2 Å². The van der Waals surface area contributed by atoms with Gasteiger partial charge in [-0.3, -0.25) is 9.78 Å². The van der Waals surface area contributed by atoms with Gasteiger partial charge in [0.15, 0.2) is 6.61 Å². The lowest BCUT2D eigenvalue weighted by Gasteiger charge is -2.11. The molecule has 0 atom stereocenters. The van der Waals surface area contributed by atoms with E-state index in [1.54, 1.807) is 24.5 Å². The molecule has 0 aliphatic carbocycles. The summed E-state index contributed by atoms with van der Waals surface area (Å²) in [6, 6.07) is 7.73. The van der Waals surface area contributed by atoms with Gasteiger partial charge in [0, 0.05) is 25.5 Å². The van der Waals surface area contributed by atoms with Gasteiger partial charge in [-0.05, 0) is 42.3 Å². The molecule has 1 aromatic heterocycles. The zero-order chi connectivity index (χ0) is 19.7. The van der Waals surface area contributed by atoms with E-state index in [1.807, 2.05) is 6.92 Å². The van der Waals surface area contributed by atoms with Crippen LogP contribution in [-0.2, 0) is 21.4 Å². The van der Waals surface area contributed by atoms with Crippen molar-refractivity contribution in [1.29, 1.82) is 0 Å². The second kappa shape index (κ2) is 10.2. The molecule has 1 amide bonds. The van der Waals surface area contributed by atoms with Crippen molar-refractivity contribution in [3.05, 3.63) is 53.3 Å². The van der Waals surface area contributed by atoms with E-state index in [0.29, 0.717) is 13.1 Å². The molecule has 0 bridgehead atoms. The predicted molar refractivity (Wildman–Crippen MR) is 103 cm³/mol. The van der Waals surface area contributed by atoms with Gasteiger partial charge < -0.3 is 10.1 Å². The molecule has 146 valence electrons. The van der Waals surface area contributed by atoms with E-state index in [2.05, 4.69) is 15.0 Å². The highest BCUT2D eigenvalue weighted by atomic mass is 35.5. The van der Waals surface area contributed by atoms with E-state index in [1.165, 1.54) is 18.2 Å². The average Bonchev–Trinajstić information content (AvgIpc) is 2.66. The van der Waals surface area contributed by atoms with Crippen molar-refractivity contribution < 1.29 is 17.9 Å². The van der Waals surface area contributed by atoms with Crippen LogP contribution in [-0.4, -0.2) is 32.5 Å². The molecule has 7 nitrogen and oxygen atoms in total. The molecule has 2 aromatic rings. The summed E-state index contributed by atoms with van der Waals surface area (Å²) >= 11 is 6.10. The zero-order valence-electron chi connectivity index (χ0n) is 14.9. The first-order valence-electron chi connectivity index (χ1n) is 8.50. The third-order valence-electron chi connectivity index (χ3n) is 3.63. The Balaban J connectivity index is 1.89. The standard InChI is InChI=1S/C18H22ClN3O4S/c1-2-3-8-22-27(24,25)15-4-5-17(16(19)11-15)26-13-18(23)21-12-14-6-9-20-10-7-14/h4-7,9-11,22H,2-3,8,12-13H2,1H3,(H,21,23). The topological polar surface area (TPSA) is 97.4 Å². The summed E-state index contributed by atoms with van der Waals surface area (Å²) < 4.78 is 32.2. The monoisotopic (exact) mass is 411 g/mol. The SMILES string of the molecule is CCCCNS(=O)(=O)c1ccc(OCC(=O)NCc2ccncc2)c(Cl)c1. The van der Waals surface area contributed by atoms with Crippen LogP contribution < -0.4 is 14.8 Å². The van der Waals surface area contributed by atoms with Gasteiger partial charge in [0.25, 0.3) is 5.91 Å². The number of carbonyl (C=O) groups excluding carboxylic acids is 1. The minimum Gasteiger partial charge on any atom is -0.482 e. The Bertz CT molecular complexity index is 860. The molecule has 0 saturated heterocycles. The molecular weight excluding hydrogens is 390 g/mol. The highest BCUT2D eigenvalue weighted by molar-refractivity contribution is 7.89. The number of amides is 1. The van der Waals surface area contributed by atoms with Crippen LogP contribution >= 0.6 is 11.6 Å². The predicted octanol–water partition coefficient (Wildman–Crippen LogP) is 2.51. The second-order valence-corrected chi connectivity index (χ2v) is 7.94. The van der Waals surface area contributed by atoms with Crippen LogP contribution in [0.5, 0.6) is 5.75 Å². The third-order valence-corrected chi connectivity index (χ3v) is 5.39. The van der Waals surface area contributed by atoms with E-state index in [0.717, 1.165) is 18.4 Å². The number of rotatable bonds is 10. The fourth-order valence-corrected chi connectivity index (χ4v) is 3.53. The Hall–Kier alpha value is -2.16. The minimum absolute atomic E-state index is 0.0538. The van der Waals surface area contributed by atoms with Crippen molar-refractivity contribution in [2.75, 3.05) is 13.2 Å². The Labute approximate surface area is 164 Å². The molecule has 0 radical (unpaired) electrons. The van der Waals surface area contributed by atoms with E-state index < -0.39 is 10.0 Å². The number of aromatic nitrogens is 1. The molecule has 0 spiro atoms. The number of nitrogens with zero attached hydrogens (tertiary/aromatic N) is 1. The molecule has 0 saturated carbocycles. The number of hydrogen-bond donors (Lipinski definition) is 2. The summed E-state index contributed by atoms with van der Waals surface area (Å²) in [6.07, 6.45) is 4.93. The molecule has 0 fully saturated rings. The molecule has 0 unspecified atom stereocenters. The minimum atomic E-state index is -3.62. The molecule has 1 aromatic carbocycles. The Morgan fingerprint density at radius 2 is 1.96 bits per heavy atom. The van der Waals surface area contributed by atoms with Crippen molar-refractivity contribution >= 4 is 27.5 Å². The highest BCUT2D eigenvalue weighted by Gasteiger charge is 2.16. The maximum absolute atomic E-state index is 12.2. The number of sulfonamides is 1. The zero-order valence-corrected chi connectivity index (χ0v) is 16.5. The van der Waals surface area contributed by atoms with E-state index in [9.17, 15) is 13.2 Å². The van der Waals surface area contributed by atoms with Crippen LogP contribution in [0, 0.1) is 0 Å². The Kier molecular flexibility index (Phi) is 8.02. The quantitative estimate of drug-likeness (QED) is 0.585. The molecule has 2 N–H and O–H groups in total. The van der Waals surface area contributed by atoms with Gasteiger partial charge in [-0.25, -0.2) is 13.1 Å². The normalized spacial score (nSPS) is 11.2. The molecule has 2 rings (SSSR count). The van der Waals surface area contributed by atoms with Crippen molar-refractivity contribution in [2.45, 2.75) is 31.2 Å². The largest absolute Gasteiger partial charge is 0.482 e. The van der Waals surface area contributed by atoms with Crippen molar-refractivity contribution in [2.24, 2.45) is 0 Å². The number of benzene rings is 1. The average molecular weight is 412 g/mol. The Morgan fingerprint density at radius 3 is 2.63 bits per heavy atom. The lowest BCUT2D eigenvalue weighted by atomic mass is 10.3. The van der Waals surface area contributed by atoms with Gasteiger partial charge in [0.1, 0.15) is 5.75 Å². The molecule has 0 aliphatic heterocycles. The number of nitrogens with one attached hydrogen (secondary N) is 2. The third kappa shape index (κ3) is 6.82. The lowest BCUT2D eigenvalue weighted by Crippen LogP contribution is -2.28. The number of halogens is 1. The maximum Gasteiger partial charge on any atom is 0.258 e. The van der Waals surface area contributed by atoms with Gasteiger partial charge in [-0.15, -0.1) is 0 Å². The fraction of sp³-hybridized carbons (Fsp3) is 0.333. The van der Waals surface area contributed by atoms with E-state index in [4.69, 9.17) is 16.3 Å². The molecule has 27 heavy (non-hydrogen) atoms. The summed E-state index contributed by atoms with van der Waals surface area (Å²) in [5, 5.41) is 2.83. The van der Waals surface area contributed by atoms with Gasteiger partial charge in [0.2, 0.25) is 10.0 Å². The number of ether oxygens (including phenoxy) is 1. The first kappa shape index (κ1) is 21.1. The smallest absolute Gasteiger partial charge is 0.258 e. The molecule has 9 heteroatoms.